The third-order valence-electron chi connectivity index (χ3n) is 5.19. The van der Waals surface area contributed by atoms with Crippen molar-refractivity contribution in [2.75, 3.05) is 46.3 Å². The average molecular weight is 429 g/mol. The summed E-state index contributed by atoms with van der Waals surface area (Å²) in [6.45, 7) is 5.64. The van der Waals surface area contributed by atoms with Gasteiger partial charge in [0.15, 0.2) is 5.13 Å². The smallest absolute Gasteiger partial charge is 0.260 e. The molecule has 0 bridgehead atoms. The summed E-state index contributed by atoms with van der Waals surface area (Å²) in [6.07, 6.45) is 0.878. The van der Waals surface area contributed by atoms with Crippen molar-refractivity contribution in [1.29, 1.82) is 0 Å². The molecule has 2 aromatic carbocycles. The first-order chi connectivity index (χ1) is 14.3. The monoisotopic (exact) mass is 428 g/mol. The molecule has 1 heterocycles. The molecule has 1 amide bonds. The highest BCUT2D eigenvalue weighted by atomic mass is 32.1. The van der Waals surface area contributed by atoms with E-state index in [2.05, 4.69) is 14.1 Å². The Labute approximate surface area is 182 Å². The van der Waals surface area contributed by atoms with E-state index in [1.807, 2.05) is 44.2 Å². The second-order valence-corrected chi connectivity index (χ2v) is 8.69. The fourth-order valence-corrected chi connectivity index (χ4v) is 4.39. The Morgan fingerprint density at radius 3 is 2.40 bits per heavy atom. The normalized spacial score (nSPS) is 11.2. The van der Waals surface area contributed by atoms with Crippen molar-refractivity contribution in [2.45, 2.75) is 20.3 Å². The van der Waals surface area contributed by atoms with E-state index in [4.69, 9.17) is 14.5 Å². The van der Waals surface area contributed by atoms with Crippen molar-refractivity contribution in [2.24, 2.45) is 0 Å². The van der Waals surface area contributed by atoms with Crippen LogP contribution in [0.5, 0.6) is 11.5 Å². The van der Waals surface area contributed by atoms with E-state index in [9.17, 15) is 4.79 Å². The summed E-state index contributed by atoms with van der Waals surface area (Å²) >= 11 is 1.46. The number of hydrogen-bond donors (Lipinski definition) is 1. The molecule has 0 radical (unpaired) electrons. The molecule has 0 aliphatic carbocycles. The van der Waals surface area contributed by atoms with Gasteiger partial charge in [-0.3, -0.25) is 9.69 Å². The number of fused-ring (bicyclic) bond motifs is 1. The zero-order chi connectivity index (χ0) is 21.8. The predicted octanol–water partition coefficient (Wildman–Crippen LogP) is 3.11. The number of nitrogens with zero attached hydrogens (tertiary/aromatic N) is 2. The molecule has 0 unspecified atom stereocenters. The summed E-state index contributed by atoms with van der Waals surface area (Å²) in [5, 5.41) is 0.657. The van der Waals surface area contributed by atoms with Crippen LogP contribution in [0.3, 0.4) is 0 Å². The number of thiazole rings is 1. The minimum absolute atomic E-state index is 0.0381. The van der Waals surface area contributed by atoms with Crippen LogP contribution < -0.4 is 19.3 Å². The number of quaternary nitrogens is 1. The van der Waals surface area contributed by atoms with E-state index in [0.717, 1.165) is 29.0 Å². The number of anilines is 1. The van der Waals surface area contributed by atoms with Gasteiger partial charge < -0.3 is 14.4 Å². The minimum atomic E-state index is -0.0381. The van der Waals surface area contributed by atoms with Gasteiger partial charge in [-0.25, -0.2) is 4.98 Å². The molecule has 0 aliphatic heterocycles. The summed E-state index contributed by atoms with van der Waals surface area (Å²) in [5.41, 5.74) is 3.66. The molecule has 0 aliphatic rings. The first kappa shape index (κ1) is 22.1. The maximum Gasteiger partial charge on any atom is 0.260 e. The van der Waals surface area contributed by atoms with Crippen molar-refractivity contribution in [3.63, 3.8) is 0 Å². The molecule has 0 spiro atoms. The lowest BCUT2D eigenvalue weighted by atomic mass is 10.1. The Morgan fingerprint density at radius 2 is 1.77 bits per heavy atom. The molecule has 0 saturated carbocycles. The van der Waals surface area contributed by atoms with Crippen LogP contribution in [-0.2, 0) is 0 Å². The number of hydrogen-bond acceptors (Lipinski definition) is 5. The molecule has 3 aromatic rings. The van der Waals surface area contributed by atoms with Crippen LogP contribution in [-0.4, -0.2) is 52.3 Å². The van der Waals surface area contributed by atoms with Gasteiger partial charge in [0.2, 0.25) is 0 Å². The summed E-state index contributed by atoms with van der Waals surface area (Å²) in [5.74, 6) is 1.36. The molecule has 30 heavy (non-hydrogen) atoms. The predicted molar refractivity (Wildman–Crippen MR) is 123 cm³/mol. The first-order valence-electron chi connectivity index (χ1n) is 10.1. The number of rotatable bonds is 8. The standard InChI is InChI=1S/C23H29N3O3S/c1-15-8-9-17(14-16(15)2)22(27)26(13-7-12-25(3)4)23-24-20-18(28-5)10-11-19(29-6)21(20)30-23/h8-11,14H,7,12-13H2,1-6H3/p+1. The van der Waals surface area contributed by atoms with E-state index >= 15 is 0 Å². The average Bonchev–Trinajstić information content (AvgIpc) is 3.16. The molecule has 160 valence electrons. The lowest BCUT2D eigenvalue weighted by molar-refractivity contribution is -0.858. The van der Waals surface area contributed by atoms with E-state index in [1.54, 1.807) is 19.1 Å². The molecule has 0 fully saturated rings. The lowest BCUT2D eigenvalue weighted by Gasteiger charge is -2.21. The number of methoxy groups -OCH3 is 2. The van der Waals surface area contributed by atoms with Gasteiger partial charge in [-0.05, 0) is 49.2 Å². The quantitative estimate of drug-likeness (QED) is 0.599. The van der Waals surface area contributed by atoms with Crippen LogP contribution >= 0.6 is 11.3 Å². The zero-order valence-electron chi connectivity index (χ0n) is 18.5. The van der Waals surface area contributed by atoms with Gasteiger partial charge >= 0.3 is 0 Å². The molecular formula is C23H30N3O3S+. The maximum absolute atomic E-state index is 13.5. The van der Waals surface area contributed by atoms with Crippen molar-refractivity contribution < 1.29 is 19.2 Å². The number of aromatic nitrogens is 1. The maximum atomic E-state index is 13.5. The fourth-order valence-electron chi connectivity index (χ4n) is 3.29. The topological polar surface area (TPSA) is 56.1 Å². The van der Waals surface area contributed by atoms with Crippen molar-refractivity contribution >= 4 is 32.6 Å². The van der Waals surface area contributed by atoms with E-state index in [-0.39, 0.29) is 5.91 Å². The number of carbonyl (C=O) groups excluding carboxylic acids is 1. The van der Waals surface area contributed by atoms with Gasteiger partial charge in [0.25, 0.3) is 5.91 Å². The highest BCUT2D eigenvalue weighted by molar-refractivity contribution is 7.22. The molecule has 0 saturated heterocycles. The van der Waals surface area contributed by atoms with Gasteiger partial charge in [0.1, 0.15) is 21.7 Å². The molecule has 7 heteroatoms. The van der Waals surface area contributed by atoms with Crippen LogP contribution in [0, 0.1) is 13.8 Å². The lowest BCUT2D eigenvalue weighted by Crippen LogP contribution is -3.05. The number of ether oxygens (including phenoxy) is 2. The Hall–Kier alpha value is -2.64. The van der Waals surface area contributed by atoms with E-state index in [0.29, 0.717) is 28.5 Å². The second kappa shape index (κ2) is 9.45. The van der Waals surface area contributed by atoms with Gasteiger partial charge in [-0.15, -0.1) is 0 Å². The summed E-state index contributed by atoms with van der Waals surface area (Å²) in [7, 11) is 7.49. The fraction of sp³-hybridized carbons (Fsp3) is 0.391. The molecule has 6 nitrogen and oxygen atoms in total. The zero-order valence-corrected chi connectivity index (χ0v) is 19.4. The van der Waals surface area contributed by atoms with Crippen molar-refractivity contribution in [1.82, 2.24) is 4.98 Å². The highest BCUT2D eigenvalue weighted by Crippen LogP contribution is 2.40. The van der Waals surface area contributed by atoms with E-state index in [1.165, 1.54) is 21.8 Å². The van der Waals surface area contributed by atoms with Gasteiger partial charge in [-0.2, -0.15) is 0 Å². The molecular weight excluding hydrogens is 398 g/mol. The van der Waals surface area contributed by atoms with Crippen LogP contribution in [0.4, 0.5) is 5.13 Å². The van der Waals surface area contributed by atoms with Crippen molar-refractivity contribution in [3.05, 3.63) is 47.0 Å². The number of carbonyl (C=O) groups is 1. The minimum Gasteiger partial charge on any atom is -0.495 e. The van der Waals surface area contributed by atoms with Crippen LogP contribution in [0.25, 0.3) is 10.2 Å². The summed E-state index contributed by atoms with van der Waals surface area (Å²) < 4.78 is 11.9. The van der Waals surface area contributed by atoms with Crippen LogP contribution in [0.2, 0.25) is 0 Å². The van der Waals surface area contributed by atoms with Gasteiger partial charge in [-0.1, -0.05) is 17.4 Å². The van der Waals surface area contributed by atoms with Crippen LogP contribution in [0.1, 0.15) is 27.9 Å². The van der Waals surface area contributed by atoms with Crippen molar-refractivity contribution in [3.8, 4) is 11.5 Å². The summed E-state index contributed by atoms with van der Waals surface area (Å²) in [6, 6.07) is 9.55. The molecule has 0 atom stereocenters. The first-order valence-corrected chi connectivity index (χ1v) is 10.9. The SMILES string of the molecule is COc1ccc(OC)c2sc(N(CCC[NH+](C)C)C(=O)c3ccc(C)c(C)c3)nc12. The highest BCUT2D eigenvalue weighted by Gasteiger charge is 2.24. The Kier molecular flexibility index (Phi) is 6.95. The Morgan fingerprint density at radius 1 is 1.07 bits per heavy atom. The molecule has 1 N–H and O–H groups in total. The van der Waals surface area contributed by atoms with Gasteiger partial charge in [0, 0.05) is 18.5 Å². The third kappa shape index (κ3) is 4.57. The Balaban J connectivity index is 2.05. The van der Waals surface area contributed by atoms with Gasteiger partial charge in [0.05, 0.1) is 34.9 Å². The number of amides is 1. The second-order valence-electron chi connectivity index (χ2n) is 7.71. The largest absolute Gasteiger partial charge is 0.495 e. The molecule has 3 rings (SSSR count). The van der Waals surface area contributed by atoms with E-state index < -0.39 is 0 Å². The number of aryl methyl sites for hydroxylation is 2. The summed E-state index contributed by atoms with van der Waals surface area (Å²) in [4.78, 5) is 21.4. The number of benzene rings is 2. The third-order valence-corrected chi connectivity index (χ3v) is 6.28. The Bertz CT molecular complexity index is 1000. The molecule has 1 aromatic heterocycles. The number of nitrogens with one attached hydrogen (secondary N) is 1. The van der Waals surface area contributed by atoms with Crippen LogP contribution in [0.15, 0.2) is 30.3 Å².